The topological polar surface area (TPSA) is 98.0 Å². The van der Waals surface area contributed by atoms with Gasteiger partial charge in [-0.15, -0.1) is 5.10 Å². The van der Waals surface area contributed by atoms with Crippen LogP contribution in [0.4, 0.5) is 17.3 Å². The Balaban J connectivity index is 1.03. The summed E-state index contributed by atoms with van der Waals surface area (Å²) in [6, 6.07) is 19.0. The molecule has 4 aromatic rings. The van der Waals surface area contributed by atoms with Gasteiger partial charge in [0.25, 0.3) is 5.91 Å². The van der Waals surface area contributed by atoms with Crippen LogP contribution in [0.25, 0.3) is 5.65 Å². The van der Waals surface area contributed by atoms with Crippen LogP contribution in [-0.2, 0) is 5.60 Å². The molecular formula is C30H32ClN7O2. The van der Waals surface area contributed by atoms with Gasteiger partial charge in [0.05, 0.1) is 11.3 Å². The Bertz CT molecular complexity index is 1520. The summed E-state index contributed by atoms with van der Waals surface area (Å²) in [5, 5.41) is 23.3. The second-order valence-electron chi connectivity index (χ2n) is 11.2. The van der Waals surface area contributed by atoms with E-state index in [1.165, 1.54) is 0 Å². The van der Waals surface area contributed by atoms with E-state index in [-0.39, 0.29) is 5.91 Å². The zero-order chi connectivity index (χ0) is 27.3. The van der Waals surface area contributed by atoms with Crippen LogP contribution in [0, 0.1) is 11.8 Å². The van der Waals surface area contributed by atoms with Gasteiger partial charge < -0.3 is 25.5 Å². The minimum absolute atomic E-state index is 0.0981. The van der Waals surface area contributed by atoms with Crippen LogP contribution < -0.4 is 15.5 Å². The van der Waals surface area contributed by atoms with E-state index in [0.29, 0.717) is 54.3 Å². The molecule has 3 fully saturated rings. The molecule has 0 spiro atoms. The number of anilines is 3. The first kappa shape index (κ1) is 25.3. The predicted octanol–water partition coefficient (Wildman–Crippen LogP) is 3.91. The number of fused-ring (bicyclic) bond motifs is 2. The van der Waals surface area contributed by atoms with E-state index < -0.39 is 5.60 Å². The standard InChI is InChI=1S/C30H32ClN7O2/c31-24-7-5-23(6-8-24)30(40)11-14-36(15-12-30)26-2-1-13-38-27(26)34-29(35-38)33-25-9-3-20(4-10-25)28(39)37-18-21-16-32-17-22(21)19-37/h1-10,13,21-22,32,40H,11-12,14-19H2,(H,33,35)/t21-,22+. The van der Waals surface area contributed by atoms with Crippen LogP contribution in [0.2, 0.25) is 5.02 Å². The highest BCUT2D eigenvalue weighted by Gasteiger charge is 2.38. The average molecular weight is 558 g/mol. The maximum Gasteiger partial charge on any atom is 0.253 e. The molecule has 1 amide bonds. The Morgan fingerprint density at radius 3 is 2.40 bits per heavy atom. The van der Waals surface area contributed by atoms with Crippen molar-refractivity contribution in [3.8, 4) is 0 Å². The molecule has 0 radical (unpaired) electrons. The first-order valence-electron chi connectivity index (χ1n) is 13.9. The molecule has 2 atom stereocenters. The fourth-order valence-corrected chi connectivity index (χ4v) is 6.51. The molecule has 0 unspecified atom stereocenters. The molecule has 2 aromatic carbocycles. The van der Waals surface area contributed by atoms with Crippen LogP contribution >= 0.6 is 11.6 Å². The van der Waals surface area contributed by atoms with E-state index >= 15 is 0 Å². The van der Waals surface area contributed by atoms with E-state index in [9.17, 15) is 9.90 Å². The van der Waals surface area contributed by atoms with Crippen LogP contribution in [0.3, 0.4) is 0 Å². The van der Waals surface area contributed by atoms with Crippen LogP contribution in [0.5, 0.6) is 0 Å². The minimum atomic E-state index is -0.870. The lowest BCUT2D eigenvalue weighted by Gasteiger charge is -2.39. The van der Waals surface area contributed by atoms with Gasteiger partial charge in [-0.25, -0.2) is 4.52 Å². The molecule has 0 bridgehead atoms. The number of likely N-dealkylation sites (tertiary alicyclic amines) is 1. The van der Waals surface area contributed by atoms with Gasteiger partial charge in [0.15, 0.2) is 5.65 Å². The van der Waals surface area contributed by atoms with E-state index in [2.05, 4.69) is 20.6 Å². The Hall–Kier alpha value is -3.66. The van der Waals surface area contributed by atoms with Gasteiger partial charge in [-0.1, -0.05) is 23.7 Å². The minimum Gasteiger partial charge on any atom is -0.385 e. The number of nitrogens with one attached hydrogen (secondary N) is 2. The van der Waals surface area contributed by atoms with Crippen molar-refractivity contribution < 1.29 is 9.90 Å². The second-order valence-corrected chi connectivity index (χ2v) is 11.6. The molecule has 206 valence electrons. The number of halogens is 1. The van der Waals surface area contributed by atoms with Crippen molar-refractivity contribution >= 4 is 40.5 Å². The molecule has 40 heavy (non-hydrogen) atoms. The van der Waals surface area contributed by atoms with Crippen molar-refractivity contribution in [2.45, 2.75) is 18.4 Å². The monoisotopic (exact) mass is 557 g/mol. The van der Waals surface area contributed by atoms with Gasteiger partial charge >= 0.3 is 0 Å². The first-order chi connectivity index (χ1) is 19.4. The van der Waals surface area contributed by atoms with Crippen LogP contribution in [0.15, 0.2) is 66.9 Å². The van der Waals surface area contributed by atoms with Crippen molar-refractivity contribution in [1.29, 1.82) is 0 Å². The number of pyridine rings is 1. The Labute approximate surface area is 237 Å². The lowest BCUT2D eigenvalue weighted by atomic mass is 9.84. The third-order valence-electron chi connectivity index (χ3n) is 8.72. The lowest BCUT2D eigenvalue weighted by molar-refractivity contribution is 0.0118. The largest absolute Gasteiger partial charge is 0.385 e. The summed E-state index contributed by atoms with van der Waals surface area (Å²) in [5.74, 6) is 1.74. The summed E-state index contributed by atoms with van der Waals surface area (Å²) in [6.45, 7) is 5.07. The Kier molecular flexibility index (Phi) is 6.37. The molecule has 9 nitrogen and oxygen atoms in total. The summed E-state index contributed by atoms with van der Waals surface area (Å²) >= 11 is 6.04. The number of aliphatic hydroxyl groups is 1. The molecule has 3 aliphatic heterocycles. The van der Waals surface area contributed by atoms with Gasteiger partial charge in [0.2, 0.25) is 5.95 Å². The normalized spacial score (nSPS) is 22.1. The second kappa shape index (κ2) is 10.1. The number of nitrogens with zero attached hydrogens (tertiary/aromatic N) is 5. The molecule has 0 saturated carbocycles. The highest BCUT2D eigenvalue weighted by atomic mass is 35.5. The van der Waals surface area contributed by atoms with Crippen molar-refractivity contribution in [3.05, 3.63) is 83.0 Å². The van der Waals surface area contributed by atoms with Gasteiger partial charge in [-0.2, -0.15) is 4.98 Å². The molecule has 0 aliphatic carbocycles. The number of aromatic nitrogens is 3. The summed E-state index contributed by atoms with van der Waals surface area (Å²) in [4.78, 5) is 22.0. The number of hydrogen-bond acceptors (Lipinski definition) is 7. The molecule has 7 rings (SSSR count). The molecule has 2 aromatic heterocycles. The molecule has 3 saturated heterocycles. The van der Waals surface area contributed by atoms with E-state index in [0.717, 1.165) is 48.8 Å². The maximum absolute atomic E-state index is 13.0. The van der Waals surface area contributed by atoms with Crippen molar-refractivity contribution in [2.75, 3.05) is 49.5 Å². The molecule has 5 heterocycles. The van der Waals surface area contributed by atoms with E-state index in [1.54, 1.807) is 4.52 Å². The molecular weight excluding hydrogens is 526 g/mol. The van der Waals surface area contributed by atoms with Crippen molar-refractivity contribution in [1.82, 2.24) is 24.8 Å². The zero-order valence-corrected chi connectivity index (χ0v) is 22.9. The highest BCUT2D eigenvalue weighted by Crippen LogP contribution is 2.36. The summed E-state index contributed by atoms with van der Waals surface area (Å²) < 4.78 is 1.77. The third-order valence-corrected chi connectivity index (χ3v) is 8.97. The summed E-state index contributed by atoms with van der Waals surface area (Å²) in [6.07, 6.45) is 3.10. The quantitative estimate of drug-likeness (QED) is 0.342. The van der Waals surface area contributed by atoms with Gasteiger partial charge in [0, 0.05) is 61.7 Å². The number of benzene rings is 2. The fourth-order valence-electron chi connectivity index (χ4n) is 6.39. The van der Waals surface area contributed by atoms with E-state index in [1.807, 2.05) is 71.8 Å². The first-order valence-corrected chi connectivity index (χ1v) is 14.3. The van der Waals surface area contributed by atoms with Crippen LogP contribution in [-0.4, -0.2) is 69.8 Å². The SMILES string of the molecule is O=C(c1ccc(Nc2nc3c(N4CCC(O)(c5ccc(Cl)cc5)CC4)cccn3n2)cc1)N1C[C@H]2CNC[C@H]2C1. The zero-order valence-electron chi connectivity index (χ0n) is 22.1. The van der Waals surface area contributed by atoms with Gasteiger partial charge in [-0.05, 0) is 78.8 Å². The average Bonchev–Trinajstić information content (AvgIpc) is 3.69. The maximum atomic E-state index is 13.0. The Morgan fingerprint density at radius 1 is 1.00 bits per heavy atom. The number of piperidine rings is 1. The number of carbonyl (C=O) groups is 1. The van der Waals surface area contributed by atoms with E-state index in [4.69, 9.17) is 16.6 Å². The van der Waals surface area contributed by atoms with Crippen molar-refractivity contribution in [2.24, 2.45) is 11.8 Å². The molecule has 10 heteroatoms. The summed E-state index contributed by atoms with van der Waals surface area (Å²) in [5.41, 5.74) is 3.28. The third kappa shape index (κ3) is 4.68. The van der Waals surface area contributed by atoms with Crippen LogP contribution in [0.1, 0.15) is 28.8 Å². The molecule has 3 aliphatic rings. The lowest BCUT2D eigenvalue weighted by Crippen LogP contribution is -2.42. The number of amides is 1. The highest BCUT2D eigenvalue weighted by molar-refractivity contribution is 6.30. The van der Waals surface area contributed by atoms with Gasteiger partial charge in [-0.3, -0.25) is 4.79 Å². The predicted molar refractivity (Wildman–Crippen MR) is 155 cm³/mol. The van der Waals surface area contributed by atoms with Gasteiger partial charge in [0.1, 0.15) is 0 Å². The summed E-state index contributed by atoms with van der Waals surface area (Å²) in [7, 11) is 0. The molecule has 3 N–H and O–H groups in total. The number of carbonyl (C=O) groups excluding carboxylic acids is 1. The Morgan fingerprint density at radius 2 is 1.70 bits per heavy atom. The van der Waals surface area contributed by atoms with Crippen molar-refractivity contribution in [3.63, 3.8) is 0 Å². The number of hydrogen-bond donors (Lipinski definition) is 3. The smallest absolute Gasteiger partial charge is 0.253 e. The number of rotatable bonds is 5. The fraction of sp³-hybridized carbons (Fsp3) is 0.367.